The van der Waals surface area contributed by atoms with Gasteiger partial charge in [-0.25, -0.2) is 4.39 Å². The Kier molecular flexibility index (Phi) is 6.09. The summed E-state index contributed by atoms with van der Waals surface area (Å²) in [6, 6.07) is 4.99. The Balaban J connectivity index is 2.21. The second-order valence-electron chi connectivity index (χ2n) is 4.31. The van der Waals surface area contributed by atoms with Crippen molar-refractivity contribution in [1.82, 2.24) is 5.32 Å². The van der Waals surface area contributed by atoms with Crippen molar-refractivity contribution in [2.45, 2.75) is 46.1 Å². The van der Waals surface area contributed by atoms with Crippen LogP contribution in [0.5, 0.6) is 0 Å². The summed E-state index contributed by atoms with van der Waals surface area (Å²) < 4.78 is 12.9. The van der Waals surface area contributed by atoms with Gasteiger partial charge in [-0.3, -0.25) is 0 Å². The highest BCUT2D eigenvalue weighted by Crippen LogP contribution is 2.09. The van der Waals surface area contributed by atoms with Crippen molar-refractivity contribution in [3.05, 3.63) is 35.1 Å². The van der Waals surface area contributed by atoms with Crippen LogP contribution in [0.3, 0.4) is 0 Å². The predicted octanol–water partition coefficient (Wildman–Crippen LogP) is 3.80. The minimum atomic E-state index is -0.149. The molecule has 90 valence electrons. The molecule has 0 radical (unpaired) electrons. The van der Waals surface area contributed by atoms with Crippen molar-refractivity contribution in [3.8, 4) is 0 Å². The minimum absolute atomic E-state index is 0.149. The SMILES string of the molecule is CCCCCCNCc1ccc(F)cc1C. The average molecular weight is 223 g/mol. The van der Waals surface area contributed by atoms with Gasteiger partial charge in [-0.15, -0.1) is 0 Å². The summed E-state index contributed by atoms with van der Waals surface area (Å²) in [5, 5.41) is 3.40. The molecular weight excluding hydrogens is 201 g/mol. The summed E-state index contributed by atoms with van der Waals surface area (Å²) in [6.45, 7) is 6.07. The average Bonchev–Trinajstić information content (AvgIpc) is 2.26. The summed E-state index contributed by atoms with van der Waals surface area (Å²) in [6.07, 6.45) is 5.12. The molecule has 2 heteroatoms. The molecule has 0 saturated heterocycles. The second kappa shape index (κ2) is 7.39. The second-order valence-corrected chi connectivity index (χ2v) is 4.31. The molecule has 0 aromatic heterocycles. The molecule has 0 heterocycles. The first-order valence-electron chi connectivity index (χ1n) is 6.19. The zero-order valence-corrected chi connectivity index (χ0v) is 10.4. The van der Waals surface area contributed by atoms with Gasteiger partial charge in [0, 0.05) is 6.54 Å². The normalized spacial score (nSPS) is 10.7. The van der Waals surface area contributed by atoms with Crippen molar-refractivity contribution in [2.24, 2.45) is 0 Å². The maximum atomic E-state index is 12.9. The van der Waals surface area contributed by atoms with Crippen molar-refractivity contribution >= 4 is 0 Å². The molecule has 1 aromatic carbocycles. The van der Waals surface area contributed by atoms with E-state index < -0.39 is 0 Å². The summed E-state index contributed by atoms with van der Waals surface area (Å²) in [5.74, 6) is -0.149. The van der Waals surface area contributed by atoms with E-state index in [4.69, 9.17) is 0 Å². The smallest absolute Gasteiger partial charge is 0.123 e. The molecule has 16 heavy (non-hydrogen) atoms. The van der Waals surface area contributed by atoms with Gasteiger partial charge in [0.2, 0.25) is 0 Å². The van der Waals surface area contributed by atoms with E-state index in [2.05, 4.69) is 12.2 Å². The first kappa shape index (κ1) is 13.2. The number of unbranched alkanes of at least 4 members (excludes halogenated alkanes) is 3. The third-order valence-corrected chi connectivity index (χ3v) is 2.83. The fourth-order valence-electron chi connectivity index (χ4n) is 1.76. The predicted molar refractivity (Wildman–Crippen MR) is 67.0 cm³/mol. The standard InChI is InChI=1S/C14H22FN/c1-3-4-5-6-9-16-11-13-7-8-14(15)10-12(13)2/h7-8,10,16H,3-6,9,11H2,1-2H3. The fraction of sp³-hybridized carbons (Fsp3) is 0.571. The maximum absolute atomic E-state index is 12.9. The van der Waals surface area contributed by atoms with Crippen molar-refractivity contribution < 1.29 is 4.39 Å². The molecule has 0 bridgehead atoms. The van der Waals surface area contributed by atoms with Crippen LogP contribution in [0, 0.1) is 12.7 Å². The van der Waals surface area contributed by atoms with Crippen molar-refractivity contribution in [3.63, 3.8) is 0 Å². The summed E-state index contributed by atoms with van der Waals surface area (Å²) >= 11 is 0. The topological polar surface area (TPSA) is 12.0 Å². The fourth-order valence-corrected chi connectivity index (χ4v) is 1.76. The van der Waals surface area contributed by atoms with Crippen molar-refractivity contribution in [1.29, 1.82) is 0 Å². The summed E-state index contributed by atoms with van der Waals surface area (Å²) in [7, 11) is 0. The van der Waals surface area contributed by atoms with Crippen LogP contribution in [0.2, 0.25) is 0 Å². The van der Waals surface area contributed by atoms with Gasteiger partial charge in [-0.2, -0.15) is 0 Å². The van der Waals surface area contributed by atoms with E-state index in [9.17, 15) is 4.39 Å². The quantitative estimate of drug-likeness (QED) is 0.693. The Morgan fingerprint density at radius 1 is 1.19 bits per heavy atom. The molecule has 0 spiro atoms. The lowest BCUT2D eigenvalue weighted by Gasteiger charge is -2.07. The van der Waals surface area contributed by atoms with E-state index >= 15 is 0 Å². The molecule has 0 saturated carbocycles. The lowest BCUT2D eigenvalue weighted by atomic mass is 10.1. The molecule has 0 unspecified atom stereocenters. The Hall–Kier alpha value is -0.890. The number of aryl methyl sites for hydroxylation is 1. The number of halogens is 1. The Morgan fingerprint density at radius 3 is 2.69 bits per heavy atom. The summed E-state index contributed by atoms with van der Waals surface area (Å²) in [4.78, 5) is 0. The van der Waals surface area contributed by atoms with Crippen LogP contribution in [-0.4, -0.2) is 6.54 Å². The Labute approximate surface area is 98.1 Å². The number of benzene rings is 1. The van der Waals surface area contributed by atoms with Gasteiger partial charge in [-0.05, 0) is 43.1 Å². The maximum Gasteiger partial charge on any atom is 0.123 e. The molecule has 0 atom stereocenters. The monoisotopic (exact) mass is 223 g/mol. The van der Waals surface area contributed by atoms with E-state index in [1.165, 1.54) is 37.3 Å². The van der Waals surface area contributed by atoms with E-state index in [0.717, 1.165) is 18.7 Å². The molecule has 0 amide bonds. The zero-order chi connectivity index (χ0) is 11.8. The van der Waals surface area contributed by atoms with Crippen LogP contribution < -0.4 is 5.32 Å². The minimum Gasteiger partial charge on any atom is -0.313 e. The highest BCUT2D eigenvalue weighted by Gasteiger charge is 1.99. The molecule has 0 aliphatic heterocycles. The lowest BCUT2D eigenvalue weighted by Crippen LogP contribution is -2.15. The Morgan fingerprint density at radius 2 is 2.00 bits per heavy atom. The molecular formula is C14H22FN. The van der Waals surface area contributed by atoms with Gasteiger partial charge in [0.15, 0.2) is 0 Å². The van der Waals surface area contributed by atoms with Gasteiger partial charge in [0.25, 0.3) is 0 Å². The number of nitrogens with one attached hydrogen (secondary N) is 1. The van der Waals surface area contributed by atoms with Crippen LogP contribution in [0.15, 0.2) is 18.2 Å². The molecule has 0 aliphatic carbocycles. The number of hydrogen-bond donors (Lipinski definition) is 1. The van der Waals surface area contributed by atoms with Crippen LogP contribution in [0.4, 0.5) is 4.39 Å². The van der Waals surface area contributed by atoms with E-state index in [1.54, 1.807) is 6.07 Å². The molecule has 0 aliphatic rings. The van der Waals surface area contributed by atoms with Crippen molar-refractivity contribution in [2.75, 3.05) is 6.54 Å². The summed E-state index contributed by atoms with van der Waals surface area (Å²) in [5.41, 5.74) is 2.22. The largest absolute Gasteiger partial charge is 0.313 e. The van der Waals surface area contributed by atoms with Gasteiger partial charge in [-0.1, -0.05) is 32.3 Å². The van der Waals surface area contributed by atoms with Crippen LogP contribution in [0.1, 0.15) is 43.7 Å². The van der Waals surface area contributed by atoms with Gasteiger partial charge in [0.1, 0.15) is 5.82 Å². The van der Waals surface area contributed by atoms with Crippen LogP contribution in [-0.2, 0) is 6.54 Å². The lowest BCUT2D eigenvalue weighted by molar-refractivity contribution is 0.594. The third kappa shape index (κ3) is 4.75. The van der Waals surface area contributed by atoms with Crippen LogP contribution >= 0.6 is 0 Å². The van der Waals surface area contributed by atoms with Gasteiger partial charge in [0.05, 0.1) is 0 Å². The van der Waals surface area contributed by atoms with E-state index in [-0.39, 0.29) is 5.82 Å². The Bertz CT molecular complexity index is 310. The first-order valence-corrected chi connectivity index (χ1v) is 6.19. The molecule has 1 rings (SSSR count). The van der Waals surface area contributed by atoms with Gasteiger partial charge >= 0.3 is 0 Å². The van der Waals surface area contributed by atoms with Crippen LogP contribution in [0.25, 0.3) is 0 Å². The van der Waals surface area contributed by atoms with Gasteiger partial charge < -0.3 is 5.32 Å². The number of hydrogen-bond acceptors (Lipinski definition) is 1. The zero-order valence-electron chi connectivity index (χ0n) is 10.4. The molecule has 0 fully saturated rings. The first-order chi connectivity index (χ1) is 7.74. The molecule has 1 nitrogen and oxygen atoms in total. The van der Waals surface area contributed by atoms with E-state index in [1.807, 2.05) is 13.0 Å². The third-order valence-electron chi connectivity index (χ3n) is 2.83. The molecule has 1 aromatic rings. The highest BCUT2D eigenvalue weighted by molar-refractivity contribution is 5.26. The molecule has 1 N–H and O–H groups in total. The highest BCUT2D eigenvalue weighted by atomic mass is 19.1. The number of rotatable bonds is 7. The van der Waals surface area contributed by atoms with E-state index in [0.29, 0.717) is 0 Å².